The summed E-state index contributed by atoms with van der Waals surface area (Å²) >= 11 is 5.87. The lowest BCUT2D eigenvalue weighted by atomic mass is 10.2. The number of carboxylic acid groups (broad SMARTS) is 1. The molecule has 0 aromatic carbocycles. The van der Waals surface area contributed by atoms with Crippen LogP contribution in [0.3, 0.4) is 0 Å². The first-order valence-corrected chi connectivity index (χ1v) is 7.40. The zero-order chi connectivity index (χ0) is 18.7. The first-order chi connectivity index (χ1) is 10.9. The quantitative estimate of drug-likeness (QED) is 0.549. The van der Waals surface area contributed by atoms with E-state index in [1.807, 2.05) is 13.8 Å². The van der Waals surface area contributed by atoms with Gasteiger partial charge < -0.3 is 15.2 Å². The first-order valence-electron chi connectivity index (χ1n) is 7.02. The molecule has 0 spiro atoms. The third kappa shape index (κ3) is 5.65. The molecule has 0 fully saturated rings. The van der Waals surface area contributed by atoms with E-state index < -0.39 is 35.0 Å². The van der Waals surface area contributed by atoms with Crippen LogP contribution in [-0.4, -0.2) is 44.6 Å². The second-order valence-electron chi connectivity index (χ2n) is 6.12. The van der Waals surface area contributed by atoms with Crippen molar-refractivity contribution in [3.8, 4) is 0 Å². The molecule has 9 nitrogen and oxygen atoms in total. The molecule has 0 saturated heterocycles. The van der Waals surface area contributed by atoms with Crippen molar-refractivity contribution < 1.29 is 24.2 Å². The van der Waals surface area contributed by atoms with E-state index in [9.17, 15) is 14.4 Å². The summed E-state index contributed by atoms with van der Waals surface area (Å²) in [6, 6.07) is -0.0677. The van der Waals surface area contributed by atoms with E-state index in [0.717, 1.165) is 0 Å². The Morgan fingerprint density at radius 1 is 1.17 bits per heavy atom. The second kappa shape index (κ2) is 7.43. The lowest BCUT2D eigenvalue weighted by molar-refractivity contribution is -0.161. The molecule has 0 aliphatic heterocycles. The van der Waals surface area contributed by atoms with Crippen molar-refractivity contribution in [2.45, 2.75) is 46.3 Å². The van der Waals surface area contributed by atoms with Crippen LogP contribution < -0.4 is 10.6 Å². The number of carbonyl (C=O) groups is 3. The van der Waals surface area contributed by atoms with Crippen molar-refractivity contribution >= 4 is 41.1 Å². The molecule has 10 heteroatoms. The molecule has 3 N–H and O–H groups in total. The average molecular weight is 359 g/mol. The van der Waals surface area contributed by atoms with E-state index >= 15 is 0 Å². The van der Waals surface area contributed by atoms with Crippen LogP contribution in [0.2, 0.25) is 5.15 Å². The normalized spacial score (nSPS) is 11.1. The van der Waals surface area contributed by atoms with Crippen LogP contribution in [0.25, 0.3) is 0 Å². The molecule has 1 amide bonds. The number of anilines is 2. The monoisotopic (exact) mass is 358 g/mol. The van der Waals surface area contributed by atoms with Gasteiger partial charge in [-0.05, 0) is 34.6 Å². The molecular formula is C14H19ClN4O5. The summed E-state index contributed by atoms with van der Waals surface area (Å²) in [6.07, 6.45) is 0. The van der Waals surface area contributed by atoms with Crippen molar-refractivity contribution in [2.24, 2.45) is 0 Å². The van der Waals surface area contributed by atoms with Gasteiger partial charge in [0.05, 0.1) is 0 Å². The second-order valence-corrected chi connectivity index (χ2v) is 6.48. The summed E-state index contributed by atoms with van der Waals surface area (Å²) in [5.41, 5.74) is -1.47. The van der Waals surface area contributed by atoms with E-state index in [1.165, 1.54) is 0 Å². The third-order valence-electron chi connectivity index (χ3n) is 2.30. The van der Waals surface area contributed by atoms with Crippen LogP contribution in [0.15, 0.2) is 0 Å². The van der Waals surface area contributed by atoms with Crippen molar-refractivity contribution in [3.63, 3.8) is 0 Å². The van der Waals surface area contributed by atoms with Crippen molar-refractivity contribution in [1.29, 1.82) is 0 Å². The van der Waals surface area contributed by atoms with Gasteiger partial charge in [-0.15, -0.1) is 0 Å². The van der Waals surface area contributed by atoms with E-state index in [-0.39, 0.29) is 17.0 Å². The molecule has 24 heavy (non-hydrogen) atoms. The fourth-order valence-corrected chi connectivity index (χ4v) is 1.68. The Morgan fingerprint density at radius 2 is 1.75 bits per heavy atom. The fraction of sp³-hybridized carbons (Fsp3) is 0.500. The van der Waals surface area contributed by atoms with E-state index in [1.54, 1.807) is 20.8 Å². The minimum Gasteiger partial charge on any atom is -0.476 e. The SMILES string of the molecule is CC(C)Nc1nc(NC(=O)C(=O)OC(C)(C)C)c(C(=O)O)nc1Cl. The topological polar surface area (TPSA) is 131 Å². The molecule has 0 atom stereocenters. The molecule has 0 radical (unpaired) electrons. The number of aromatic carboxylic acids is 1. The fourth-order valence-electron chi connectivity index (χ4n) is 1.50. The Bertz CT molecular complexity index is 670. The number of amides is 1. The zero-order valence-corrected chi connectivity index (χ0v) is 14.7. The molecule has 1 aromatic heterocycles. The number of nitrogens with zero attached hydrogens (tertiary/aromatic N) is 2. The summed E-state index contributed by atoms with van der Waals surface area (Å²) in [7, 11) is 0. The van der Waals surface area contributed by atoms with Crippen molar-refractivity contribution in [1.82, 2.24) is 9.97 Å². The maximum Gasteiger partial charge on any atom is 0.397 e. The molecule has 0 aliphatic carbocycles. The molecule has 0 bridgehead atoms. The number of hydrogen-bond acceptors (Lipinski definition) is 7. The van der Waals surface area contributed by atoms with E-state index in [0.29, 0.717) is 0 Å². The number of esters is 1. The van der Waals surface area contributed by atoms with Crippen LogP contribution in [0, 0.1) is 0 Å². The minimum atomic E-state index is -1.46. The standard InChI is InChI=1S/C14H19ClN4O5/c1-6(2)16-10-8(15)17-7(12(21)22)9(18-10)19-11(20)13(23)24-14(3,4)5/h6H,1-5H3,(H,21,22)(H2,16,18,19,20). The van der Waals surface area contributed by atoms with Gasteiger partial charge in [-0.1, -0.05) is 11.6 Å². The number of nitrogens with one attached hydrogen (secondary N) is 2. The maximum absolute atomic E-state index is 11.9. The predicted molar refractivity (Wildman–Crippen MR) is 87.2 cm³/mol. The highest BCUT2D eigenvalue weighted by molar-refractivity contribution is 6.37. The van der Waals surface area contributed by atoms with Gasteiger partial charge in [0.25, 0.3) is 0 Å². The van der Waals surface area contributed by atoms with Crippen molar-refractivity contribution in [2.75, 3.05) is 10.6 Å². The van der Waals surface area contributed by atoms with Crippen LogP contribution in [0.4, 0.5) is 11.6 Å². The van der Waals surface area contributed by atoms with Crippen LogP contribution >= 0.6 is 11.6 Å². The Hall–Kier alpha value is -2.42. The van der Waals surface area contributed by atoms with E-state index in [2.05, 4.69) is 20.6 Å². The van der Waals surface area contributed by atoms with Crippen LogP contribution in [-0.2, 0) is 14.3 Å². The van der Waals surface area contributed by atoms with Crippen LogP contribution in [0.1, 0.15) is 45.1 Å². The number of carboxylic acids is 1. The van der Waals surface area contributed by atoms with Gasteiger partial charge in [0.2, 0.25) is 0 Å². The molecule has 0 unspecified atom stereocenters. The molecule has 0 saturated carbocycles. The van der Waals surface area contributed by atoms with Gasteiger partial charge in [0.1, 0.15) is 5.60 Å². The van der Waals surface area contributed by atoms with Gasteiger partial charge >= 0.3 is 17.8 Å². The van der Waals surface area contributed by atoms with Gasteiger partial charge in [-0.2, -0.15) is 0 Å². The summed E-state index contributed by atoms with van der Waals surface area (Å²) in [4.78, 5) is 42.4. The van der Waals surface area contributed by atoms with E-state index in [4.69, 9.17) is 21.4 Å². The first kappa shape index (κ1) is 19.6. The van der Waals surface area contributed by atoms with Crippen LogP contribution in [0.5, 0.6) is 0 Å². The third-order valence-corrected chi connectivity index (χ3v) is 2.56. The molecule has 0 aliphatic rings. The maximum atomic E-state index is 11.9. The average Bonchev–Trinajstić information content (AvgIpc) is 2.39. The molecule has 132 valence electrons. The van der Waals surface area contributed by atoms with Gasteiger partial charge in [0, 0.05) is 6.04 Å². The highest BCUT2D eigenvalue weighted by atomic mass is 35.5. The smallest absolute Gasteiger partial charge is 0.397 e. The number of ether oxygens (including phenoxy) is 1. The molecule has 1 heterocycles. The highest BCUT2D eigenvalue weighted by Crippen LogP contribution is 2.23. The van der Waals surface area contributed by atoms with Crippen molar-refractivity contribution in [3.05, 3.63) is 10.8 Å². The number of halogens is 1. The highest BCUT2D eigenvalue weighted by Gasteiger charge is 2.26. The van der Waals surface area contributed by atoms with Gasteiger partial charge in [0.15, 0.2) is 22.5 Å². The number of rotatable bonds is 4. The predicted octanol–water partition coefficient (Wildman–Crippen LogP) is 1.93. The lowest BCUT2D eigenvalue weighted by Gasteiger charge is -2.19. The summed E-state index contributed by atoms with van der Waals surface area (Å²) in [5, 5.41) is 13.9. The number of carbonyl (C=O) groups excluding carboxylic acids is 2. The zero-order valence-electron chi connectivity index (χ0n) is 13.9. The lowest BCUT2D eigenvalue weighted by Crippen LogP contribution is -2.33. The number of aromatic nitrogens is 2. The summed E-state index contributed by atoms with van der Waals surface area (Å²) < 4.78 is 4.90. The van der Waals surface area contributed by atoms with Gasteiger partial charge in [-0.25, -0.2) is 19.6 Å². The largest absolute Gasteiger partial charge is 0.476 e. The minimum absolute atomic E-state index is 0.0677. The summed E-state index contributed by atoms with van der Waals surface area (Å²) in [5.74, 6) is -4.13. The summed E-state index contributed by atoms with van der Waals surface area (Å²) in [6.45, 7) is 8.39. The number of hydrogen-bond donors (Lipinski definition) is 3. The Morgan fingerprint density at radius 3 is 2.21 bits per heavy atom. The molecule has 1 rings (SSSR count). The molecular weight excluding hydrogens is 340 g/mol. The molecule has 1 aromatic rings. The Balaban J connectivity index is 3.14. The Labute approximate surface area is 143 Å². The Kier molecular flexibility index (Phi) is 6.08. The van der Waals surface area contributed by atoms with Gasteiger partial charge in [-0.3, -0.25) is 10.1 Å².